The third-order valence-electron chi connectivity index (χ3n) is 3.62. The van der Waals surface area contributed by atoms with E-state index in [9.17, 15) is 0 Å². The zero-order valence-corrected chi connectivity index (χ0v) is 12.0. The first kappa shape index (κ1) is 14.0. The van der Waals surface area contributed by atoms with E-state index in [0.717, 1.165) is 12.2 Å². The molecule has 1 N–H and O–H groups in total. The zero-order valence-electron chi connectivity index (χ0n) is 11.3. The molecule has 0 saturated heterocycles. The molecule has 2 rings (SSSR count). The van der Waals surface area contributed by atoms with Gasteiger partial charge >= 0.3 is 0 Å². The Hall–Kier alpha value is -1.41. The van der Waals surface area contributed by atoms with Crippen molar-refractivity contribution in [3.8, 4) is 5.75 Å². The number of hydrogen-bond donors (Lipinski definition) is 1. The van der Waals surface area contributed by atoms with Crippen molar-refractivity contribution < 1.29 is 4.74 Å². The number of benzene rings is 1. The average molecular weight is 278 g/mol. The van der Waals surface area contributed by atoms with Crippen LogP contribution >= 0.6 is 11.6 Å². The van der Waals surface area contributed by atoms with E-state index >= 15 is 0 Å². The van der Waals surface area contributed by atoms with E-state index in [-0.39, 0.29) is 0 Å². The van der Waals surface area contributed by atoms with Gasteiger partial charge in [-0.3, -0.25) is 0 Å². The van der Waals surface area contributed by atoms with Gasteiger partial charge in [-0.25, -0.2) is 0 Å². The molecular formula is C16H20ClNO. The molecule has 0 radical (unpaired) electrons. The number of para-hydroxylation sites is 1. The van der Waals surface area contributed by atoms with Gasteiger partial charge in [0.05, 0.1) is 11.6 Å². The van der Waals surface area contributed by atoms with Crippen LogP contribution in [0.4, 0.5) is 0 Å². The third kappa shape index (κ3) is 3.54. The minimum atomic E-state index is 0.451. The van der Waals surface area contributed by atoms with Crippen molar-refractivity contribution in [1.29, 1.82) is 0 Å². The van der Waals surface area contributed by atoms with Crippen LogP contribution in [0.15, 0.2) is 48.3 Å². The molecule has 1 aromatic rings. The van der Waals surface area contributed by atoms with Crippen molar-refractivity contribution in [3.05, 3.63) is 53.3 Å². The summed E-state index contributed by atoms with van der Waals surface area (Å²) in [5.41, 5.74) is 2.66. The Morgan fingerprint density at radius 3 is 3.00 bits per heavy atom. The van der Waals surface area contributed by atoms with E-state index < -0.39 is 0 Å². The van der Waals surface area contributed by atoms with Gasteiger partial charge in [-0.15, -0.1) is 0 Å². The summed E-state index contributed by atoms with van der Waals surface area (Å²) in [5.74, 6) is 1.22. The lowest BCUT2D eigenvalue weighted by Crippen LogP contribution is -2.22. The molecule has 1 atom stereocenters. The lowest BCUT2D eigenvalue weighted by atomic mass is 9.87. The topological polar surface area (TPSA) is 21.3 Å². The minimum Gasteiger partial charge on any atom is -0.491 e. The van der Waals surface area contributed by atoms with Crippen LogP contribution in [0.1, 0.15) is 26.2 Å². The highest BCUT2D eigenvalue weighted by Gasteiger charge is 2.20. The van der Waals surface area contributed by atoms with Crippen molar-refractivity contribution in [2.24, 2.45) is 5.92 Å². The molecule has 19 heavy (non-hydrogen) atoms. The number of hydrogen-bond acceptors (Lipinski definition) is 2. The summed E-state index contributed by atoms with van der Waals surface area (Å²) in [6, 6.07) is 7.61. The summed E-state index contributed by atoms with van der Waals surface area (Å²) in [6.07, 6.45) is 5.19. The number of ether oxygens (including phenoxy) is 1. The van der Waals surface area contributed by atoms with Gasteiger partial charge in [0.2, 0.25) is 0 Å². The van der Waals surface area contributed by atoms with Crippen LogP contribution < -0.4 is 10.1 Å². The van der Waals surface area contributed by atoms with Gasteiger partial charge in [-0.05, 0) is 50.1 Å². The first-order chi connectivity index (χ1) is 9.22. The number of nitrogens with one attached hydrogen (secondary N) is 1. The van der Waals surface area contributed by atoms with Crippen LogP contribution in [0.5, 0.6) is 5.75 Å². The summed E-state index contributed by atoms with van der Waals surface area (Å²) in [5, 5.41) is 3.91. The maximum Gasteiger partial charge on any atom is 0.137 e. The minimum absolute atomic E-state index is 0.451. The van der Waals surface area contributed by atoms with Gasteiger partial charge < -0.3 is 10.1 Å². The number of rotatable bonds is 5. The van der Waals surface area contributed by atoms with Gasteiger partial charge in [-0.1, -0.05) is 30.3 Å². The van der Waals surface area contributed by atoms with Crippen LogP contribution in [0.3, 0.4) is 0 Å². The predicted molar refractivity (Wildman–Crippen MR) is 80.3 cm³/mol. The molecular weight excluding hydrogens is 258 g/mol. The number of halogens is 1. The summed E-state index contributed by atoms with van der Waals surface area (Å²) < 4.78 is 5.85. The Kier molecular flexibility index (Phi) is 4.92. The molecule has 0 fully saturated rings. The Labute approximate surface area is 120 Å². The molecule has 0 spiro atoms. The van der Waals surface area contributed by atoms with Gasteiger partial charge in [0.25, 0.3) is 0 Å². The standard InChI is InChI=1S/C16H20ClNO/c1-3-18-15-9-6-7-13(12(15)2)11-19-16-10-5-4-8-14(16)17/h3-5,8,10,13,18H,1,6-7,9,11H2,2H3. The largest absolute Gasteiger partial charge is 0.491 e. The number of allylic oxidation sites excluding steroid dienone is 1. The second-order valence-corrected chi connectivity index (χ2v) is 5.25. The second-order valence-electron chi connectivity index (χ2n) is 4.84. The molecule has 2 nitrogen and oxygen atoms in total. The fourth-order valence-electron chi connectivity index (χ4n) is 2.46. The highest BCUT2D eigenvalue weighted by molar-refractivity contribution is 6.32. The molecule has 3 heteroatoms. The Morgan fingerprint density at radius 1 is 1.47 bits per heavy atom. The maximum atomic E-state index is 6.09. The molecule has 1 unspecified atom stereocenters. The van der Waals surface area contributed by atoms with Gasteiger partial charge in [0.1, 0.15) is 5.75 Å². The molecule has 1 aliphatic carbocycles. The van der Waals surface area contributed by atoms with E-state index in [2.05, 4.69) is 18.8 Å². The fraction of sp³-hybridized carbons (Fsp3) is 0.375. The van der Waals surface area contributed by atoms with Crippen molar-refractivity contribution >= 4 is 11.6 Å². The highest BCUT2D eigenvalue weighted by Crippen LogP contribution is 2.30. The van der Waals surface area contributed by atoms with Crippen LogP contribution in [-0.2, 0) is 0 Å². The monoisotopic (exact) mass is 277 g/mol. The quantitative estimate of drug-likeness (QED) is 0.854. The van der Waals surface area contributed by atoms with E-state index in [4.69, 9.17) is 16.3 Å². The van der Waals surface area contributed by atoms with Crippen LogP contribution in [0.2, 0.25) is 5.02 Å². The Morgan fingerprint density at radius 2 is 2.26 bits per heavy atom. The molecule has 102 valence electrons. The van der Waals surface area contributed by atoms with Crippen molar-refractivity contribution in [2.75, 3.05) is 6.61 Å². The van der Waals surface area contributed by atoms with Gasteiger partial charge in [0, 0.05) is 11.6 Å². The molecule has 0 aromatic heterocycles. The van der Waals surface area contributed by atoms with Gasteiger partial charge in [-0.2, -0.15) is 0 Å². The SMILES string of the molecule is C=CNC1=C(C)C(COc2ccccc2Cl)CCC1. The normalized spacial score (nSPS) is 19.2. The summed E-state index contributed by atoms with van der Waals surface area (Å²) in [6.45, 7) is 6.58. The molecule has 1 aromatic carbocycles. The smallest absolute Gasteiger partial charge is 0.137 e. The highest BCUT2D eigenvalue weighted by atomic mass is 35.5. The van der Waals surface area contributed by atoms with E-state index in [1.165, 1.54) is 24.1 Å². The summed E-state index contributed by atoms with van der Waals surface area (Å²) >= 11 is 6.09. The van der Waals surface area contributed by atoms with Crippen LogP contribution in [0.25, 0.3) is 0 Å². The van der Waals surface area contributed by atoms with Crippen molar-refractivity contribution in [1.82, 2.24) is 5.32 Å². The zero-order chi connectivity index (χ0) is 13.7. The third-order valence-corrected chi connectivity index (χ3v) is 3.93. The van der Waals surface area contributed by atoms with E-state index in [1.54, 1.807) is 6.20 Å². The fourth-order valence-corrected chi connectivity index (χ4v) is 2.65. The lowest BCUT2D eigenvalue weighted by molar-refractivity contribution is 0.252. The molecule has 0 saturated carbocycles. The van der Waals surface area contributed by atoms with E-state index in [1.807, 2.05) is 24.3 Å². The van der Waals surface area contributed by atoms with E-state index in [0.29, 0.717) is 17.5 Å². The Bertz CT molecular complexity index is 481. The summed E-state index contributed by atoms with van der Waals surface area (Å²) in [7, 11) is 0. The predicted octanol–water partition coefficient (Wildman–Crippen LogP) is 4.53. The molecule has 1 aliphatic rings. The average Bonchev–Trinajstić information content (AvgIpc) is 2.42. The van der Waals surface area contributed by atoms with Crippen molar-refractivity contribution in [2.45, 2.75) is 26.2 Å². The lowest BCUT2D eigenvalue weighted by Gasteiger charge is -2.26. The van der Waals surface area contributed by atoms with Crippen molar-refractivity contribution in [3.63, 3.8) is 0 Å². The molecule has 0 heterocycles. The Balaban J connectivity index is 2.01. The molecule has 0 bridgehead atoms. The molecule has 0 aliphatic heterocycles. The summed E-state index contributed by atoms with van der Waals surface area (Å²) in [4.78, 5) is 0. The first-order valence-corrected chi connectivity index (χ1v) is 7.04. The van der Waals surface area contributed by atoms with Crippen LogP contribution in [0, 0.1) is 5.92 Å². The molecule has 0 amide bonds. The first-order valence-electron chi connectivity index (χ1n) is 6.66. The van der Waals surface area contributed by atoms with Gasteiger partial charge in [0.15, 0.2) is 0 Å². The maximum absolute atomic E-state index is 6.09. The van der Waals surface area contributed by atoms with Crippen LogP contribution in [-0.4, -0.2) is 6.61 Å². The second kappa shape index (κ2) is 6.67.